The molecule has 1 aliphatic rings. The van der Waals surface area contributed by atoms with E-state index in [1.165, 1.54) is 12.8 Å². The van der Waals surface area contributed by atoms with Gasteiger partial charge in [-0.2, -0.15) is 0 Å². The van der Waals surface area contributed by atoms with E-state index in [1.54, 1.807) is 0 Å². The highest BCUT2D eigenvalue weighted by molar-refractivity contribution is 6.31. The third-order valence-electron chi connectivity index (χ3n) is 3.73. The molecule has 1 saturated carbocycles. The molecule has 2 nitrogen and oxygen atoms in total. The molecule has 1 aromatic rings. The minimum Gasteiger partial charge on any atom is -0.490 e. The molecule has 0 aromatic heterocycles. The van der Waals surface area contributed by atoms with Crippen molar-refractivity contribution in [2.24, 2.45) is 11.7 Å². The van der Waals surface area contributed by atoms with Crippen molar-refractivity contribution >= 4 is 11.6 Å². The molecule has 2 N–H and O–H groups in total. The van der Waals surface area contributed by atoms with Crippen LogP contribution < -0.4 is 10.5 Å². The Labute approximate surface area is 114 Å². The molecule has 2 rings (SSSR count). The van der Waals surface area contributed by atoms with Gasteiger partial charge in [0.05, 0.1) is 6.10 Å². The van der Waals surface area contributed by atoms with E-state index in [2.05, 4.69) is 6.92 Å². The van der Waals surface area contributed by atoms with Gasteiger partial charge in [-0.1, -0.05) is 24.6 Å². The van der Waals surface area contributed by atoms with Crippen LogP contribution in [0.2, 0.25) is 5.02 Å². The van der Waals surface area contributed by atoms with Crippen molar-refractivity contribution < 1.29 is 4.74 Å². The maximum Gasteiger partial charge on any atom is 0.124 e. The van der Waals surface area contributed by atoms with Crippen molar-refractivity contribution in [1.29, 1.82) is 0 Å². The van der Waals surface area contributed by atoms with Crippen LogP contribution in [0, 0.1) is 5.92 Å². The maximum absolute atomic E-state index is 6.21. The topological polar surface area (TPSA) is 35.2 Å². The third kappa shape index (κ3) is 3.39. The zero-order chi connectivity index (χ0) is 13.0. The zero-order valence-electron chi connectivity index (χ0n) is 11.0. The number of halogens is 1. The van der Waals surface area contributed by atoms with Gasteiger partial charge in [-0.25, -0.2) is 0 Å². The van der Waals surface area contributed by atoms with Crippen molar-refractivity contribution in [2.45, 2.75) is 45.1 Å². The summed E-state index contributed by atoms with van der Waals surface area (Å²) in [4.78, 5) is 0. The molecule has 0 amide bonds. The first kappa shape index (κ1) is 13.7. The second-order valence-corrected chi connectivity index (χ2v) is 5.66. The van der Waals surface area contributed by atoms with Crippen molar-refractivity contribution in [3.63, 3.8) is 0 Å². The van der Waals surface area contributed by atoms with Crippen molar-refractivity contribution in [1.82, 2.24) is 0 Å². The summed E-state index contributed by atoms with van der Waals surface area (Å²) in [5.74, 6) is 1.76. The average molecular weight is 268 g/mol. The number of ether oxygens (including phenoxy) is 1. The monoisotopic (exact) mass is 267 g/mol. The van der Waals surface area contributed by atoms with Crippen LogP contribution in [0.4, 0.5) is 0 Å². The number of rotatable bonds is 4. The van der Waals surface area contributed by atoms with Crippen molar-refractivity contribution in [3.05, 3.63) is 28.8 Å². The molecular weight excluding hydrogens is 246 g/mol. The van der Waals surface area contributed by atoms with Crippen LogP contribution in [0.1, 0.15) is 38.2 Å². The fraction of sp³-hybridized carbons (Fsp3) is 0.600. The molecule has 1 aliphatic carbocycles. The lowest BCUT2D eigenvalue weighted by Crippen LogP contribution is -2.23. The molecule has 18 heavy (non-hydrogen) atoms. The Morgan fingerprint density at radius 3 is 2.67 bits per heavy atom. The largest absolute Gasteiger partial charge is 0.490 e. The highest BCUT2D eigenvalue weighted by atomic mass is 35.5. The molecule has 0 heterocycles. The Morgan fingerprint density at radius 1 is 1.28 bits per heavy atom. The minimum atomic E-state index is 0.344. The quantitative estimate of drug-likeness (QED) is 0.901. The molecule has 0 spiro atoms. The van der Waals surface area contributed by atoms with Crippen LogP contribution in [0.15, 0.2) is 18.2 Å². The second kappa shape index (κ2) is 6.44. The van der Waals surface area contributed by atoms with E-state index in [1.807, 2.05) is 18.2 Å². The van der Waals surface area contributed by atoms with Gasteiger partial charge in [0.15, 0.2) is 0 Å². The number of nitrogens with two attached hydrogens (primary N) is 1. The van der Waals surface area contributed by atoms with Gasteiger partial charge in [0.1, 0.15) is 5.75 Å². The molecule has 0 atom stereocenters. The van der Waals surface area contributed by atoms with Gasteiger partial charge >= 0.3 is 0 Å². The fourth-order valence-electron chi connectivity index (χ4n) is 2.56. The average Bonchev–Trinajstić information content (AvgIpc) is 2.36. The van der Waals surface area contributed by atoms with Crippen molar-refractivity contribution in [3.8, 4) is 5.75 Å². The Hall–Kier alpha value is -0.730. The summed E-state index contributed by atoms with van der Waals surface area (Å²) in [6, 6.07) is 5.86. The summed E-state index contributed by atoms with van der Waals surface area (Å²) in [5.41, 5.74) is 6.69. The second-order valence-electron chi connectivity index (χ2n) is 5.25. The molecule has 1 aromatic carbocycles. The van der Waals surface area contributed by atoms with E-state index >= 15 is 0 Å². The molecule has 1 fully saturated rings. The van der Waals surface area contributed by atoms with Crippen molar-refractivity contribution in [2.75, 3.05) is 6.54 Å². The standard InChI is InChI=1S/C15H22ClNO/c1-11-5-7-12(8-6-11)18-15-4-2-3-14(16)13(15)9-10-17/h2-4,11-12H,5-10,17H2,1H3. The van der Waals surface area contributed by atoms with E-state index in [4.69, 9.17) is 22.1 Å². The number of hydrogen-bond donors (Lipinski definition) is 1. The summed E-state index contributed by atoms with van der Waals surface area (Å²) in [7, 11) is 0. The van der Waals surface area contributed by atoms with E-state index in [9.17, 15) is 0 Å². The summed E-state index contributed by atoms with van der Waals surface area (Å²) < 4.78 is 6.13. The molecule has 0 aliphatic heterocycles. The molecule has 0 saturated heterocycles. The van der Waals surface area contributed by atoms with Crippen LogP contribution in [0.25, 0.3) is 0 Å². The van der Waals surface area contributed by atoms with Gasteiger partial charge in [0.2, 0.25) is 0 Å². The predicted octanol–water partition coefficient (Wildman–Crippen LogP) is 3.80. The highest BCUT2D eigenvalue weighted by Gasteiger charge is 2.20. The molecule has 0 unspecified atom stereocenters. The predicted molar refractivity (Wildman–Crippen MR) is 76.3 cm³/mol. The summed E-state index contributed by atoms with van der Waals surface area (Å²) in [6.07, 6.45) is 5.94. The normalized spacial score (nSPS) is 23.9. The first-order chi connectivity index (χ1) is 8.70. The van der Waals surface area contributed by atoms with Gasteiger partial charge in [-0.15, -0.1) is 0 Å². The zero-order valence-corrected chi connectivity index (χ0v) is 11.7. The first-order valence-corrected chi connectivity index (χ1v) is 7.22. The maximum atomic E-state index is 6.21. The van der Waals surface area contributed by atoms with E-state index in [0.29, 0.717) is 12.6 Å². The lowest BCUT2D eigenvalue weighted by Gasteiger charge is -2.27. The summed E-state index contributed by atoms with van der Waals surface area (Å²) in [5, 5.41) is 0.766. The van der Waals surface area contributed by atoms with E-state index in [0.717, 1.165) is 41.5 Å². The Morgan fingerprint density at radius 2 is 2.00 bits per heavy atom. The minimum absolute atomic E-state index is 0.344. The van der Waals surface area contributed by atoms with E-state index in [-0.39, 0.29) is 0 Å². The van der Waals surface area contributed by atoms with Crippen LogP contribution in [0.5, 0.6) is 5.75 Å². The summed E-state index contributed by atoms with van der Waals surface area (Å²) >= 11 is 6.21. The molecule has 0 radical (unpaired) electrons. The van der Waals surface area contributed by atoms with Crippen LogP contribution >= 0.6 is 11.6 Å². The lowest BCUT2D eigenvalue weighted by atomic mass is 9.89. The SMILES string of the molecule is CC1CCC(Oc2cccc(Cl)c2CCN)CC1. The molecule has 100 valence electrons. The molecular formula is C15H22ClNO. The smallest absolute Gasteiger partial charge is 0.124 e. The van der Waals surface area contributed by atoms with Gasteiger partial charge in [-0.3, -0.25) is 0 Å². The van der Waals surface area contributed by atoms with Gasteiger partial charge < -0.3 is 10.5 Å². The Balaban J connectivity index is 2.06. The van der Waals surface area contributed by atoms with Gasteiger partial charge in [0, 0.05) is 10.6 Å². The molecule has 3 heteroatoms. The number of benzene rings is 1. The first-order valence-electron chi connectivity index (χ1n) is 6.84. The lowest BCUT2D eigenvalue weighted by molar-refractivity contribution is 0.134. The summed E-state index contributed by atoms with van der Waals surface area (Å²) in [6.45, 7) is 2.91. The Bertz CT molecular complexity index is 386. The van der Waals surface area contributed by atoms with Gasteiger partial charge in [0.25, 0.3) is 0 Å². The highest BCUT2D eigenvalue weighted by Crippen LogP contribution is 2.31. The Kier molecular flexibility index (Phi) is 4.90. The van der Waals surface area contributed by atoms with E-state index < -0.39 is 0 Å². The molecule has 0 bridgehead atoms. The third-order valence-corrected chi connectivity index (χ3v) is 4.08. The van der Waals surface area contributed by atoms with Crippen LogP contribution in [0.3, 0.4) is 0 Å². The van der Waals surface area contributed by atoms with Crippen LogP contribution in [-0.2, 0) is 6.42 Å². The number of hydrogen-bond acceptors (Lipinski definition) is 2. The van der Waals surface area contributed by atoms with Gasteiger partial charge in [-0.05, 0) is 56.7 Å². The van der Waals surface area contributed by atoms with Crippen LogP contribution in [-0.4, -0.2) is 12.6 Å². The fourth-order valence-corrected chi connectivity index (χ4v) is 2.82.